The summed E-state index contributed by atoms with van der Waals surface area (Å²) in [5.74, 6) is 7.03. The average Bonchev–Trinajstić information content (AvgIpc) is 3.64. The number of fused-ring (bicyclic) bond motifs is 12. The van der Waals surface area contributed by atoms with Crippen molar-refractivity contribution in [2.24, 2.45) is 0 Å². The molecule has 0 amide bonds. The predicted octanol–water partition coefficient (Wildman–Crippen LogP) is 8.70. The van der Waals surface area contributed by atoms with Crippen molar-refractivity contribution in [2.75, 3.05) is 5.84 Å². The molecule has 0 unspecified atom stereocenters. The maximum atomic E-state index is 7.03. The van der Waals surface area contributed by atoms with Gasteiger partial charge in [0, 0.05) is 43.7 Å². The molecule has 0 fully saturated rings. The smallest absolute Gasteiger partial charge is 0.0811 e. The van der Waals surface area contributed by atoms with Crippen molar-refractivity contribution < 1.29 is 0 Å². The lowest BCUT2D eigenvalue weighted by atomic mass is 10.0. The molecule has 4 nitrogen and oxygen atoms in total. The van der Waals surface area contributed by atoms with Gasteiger partial charge >= 0.3 is 0 Å². The first kappa shape index (κ1) is 21.5. The first-order valence-corrected chi connectivity index (χ1v) is 13.6. The van der Waals surface area contributed by atoms with Crippen LogP contribution in [0.15, 0.2) is 133 Å². The van der Waals surface area contributed by atoms with Gasteiger partial charge < -0.3 is 15.0 Å². The van der Waals surface area contributed by atoms with E-state index in [9.17, 15) is 0 Å². The number of nitrogen functional groups attached to an aromatic ring is 1. The molecule has 9 rings (SSSR count). The van der Waals surface area contributed by atoms with E-state index in [0.717, 1.165) is 33.4 Å². The topological polar surface area (TPSA) is 40.8 Å². The molecule has 0 atom stereocenters. The molecule has 3 aromatic heterocycles. The summed E-state index contributed by atoms with van der Waals surface area (Å²) in [4.78, 5) is 0. The molecule has 3 heterocycles. The van der Waals surface area contributed by atoms with Crippen LogP contribution in [0.2, 0.25) is 0 Å². The molecule has 0 aliphatic heterocycles. The normalized spacial score (nSPS) is 12.1. The first-order valence-electron chi connectivity index (χ1n) is 13.6. The Kier molecular flexibility index (Phi) is 4.17. The van der Waals surface area contributed by atoms with Crippen LogP contribution in [0.5, 0.6) is 0 Å². The number of hydrogen-bond acceptors (Lipinski definition) is 1. The van der Waals surface area contributed by atoms with Crippen LogP contribution in [0.4, 0.5) is 0 Å². The highest BCUT2D eigenvalue weighted by molar-refractivity contribution is 6.40. The molecule has 0 aliphatic rings. The fourth-order valence-electron chi connectivity index (χ4n) is 6.87. The second kappa shape index (κ2) is 7.78. The SMILES string of the molecule is Nn1c2ccccc2c2c3c4ccccc4n(-c4ccccc4)c3c3c(c4ccccc4n3-c3ccccc3)c21. The lowest BCUT2D eigenvalue weighted by molar-refractivity contribution is 1.12. The molecule has 2 N–H and O–H groups in total. The van der Waals surface area contributed by atoms with Crippen LogP contribution >= 0.6 is 0 Å². The first-order chi connectivity index (χ1) is 19.8. The van der Waals surface area contributed by atoms with Crippen molar-refractivity contribution >= 4 is 65.4 Å². The molecule has 6 aromatic carbocycles. The molecular formula is C36H24N4. The van der Waals surface area contributed by atoms with Gasteiger partial charge in [-0.15, -0.1) is 0 Å². The number of hydrogen-bond donors (Lipinski definition) is 1. The van der Waals surface area contributed by atoms with Crippen LogP contribution in [0, 0.1) is 0 Å². The molecule has 0 radical (unpaired) electrons. The summed E-state index contributed by atoms with van der Waals surface area (Å²) >= 11 is 0. The number of rotatable bonds is 2. The zero-order chi connectivity index (χ0) is 26.4. The minimum Gasteiger partial charge on any atom is -0.339 e. The summed E-state index contributed by atoms with van der Waals surface area (Å²) in [6, 6.07) is 47.4. The number of para-hydroxylation sites is 5. The Bertz CT molecular complexity index is 2420. The zero-order valence-electron chi connectivity index (χ0n) is 21.6. The van der Waals surface area contributed by atoms with Gasteiger partial charge in [0.1, 0.15) is 0 Å². The molecule has 0 bridgehead atoms. The third-order valence-corrected chi connectivity index (χ3v) is 8.40. The second-order valence-electron chi connectivity index (χ2n) is 10.4. The highest BCUT2D eigenvalue weighted by Gasteiger charge is 2.27. The van der Waals surface area contributed by atoms with Crippen LogP contribution < -0.4 is 5.84 Å². The maximum absolute atomic E-state index is 7.03. The summed E-state index contributed by atoms with van der Waals surface area (Å²) in [6.07, 6.45) is 0. The standard InChI is InChI=1S/C36H24N4/c37-40-30-22-12-9-19-27(30)31-32-25-17-7-10-20-28(25)38(23-13-3-1-4-14-23)35(32)36-33(34(31)40)26-18-8-11-21-29(26)39(36)24-15-5-2-6-16-24/h1-22H,37H2. The van der Waals surface area contributed by atoms with E-state index in [4.69, 9.17) is 5.84 Å². The average molecular weight is 513 g/mol. The fraction of sp³-hybridized carbons (Fsp3) is 0. The van der Waals surface area contributed by atoms with Crippen molar-refractivity contribution in [3.63, 3.8) is 0 Å². The number of benzene rings is 6. The Morgan fingerprint density at radius 1 is 0.350 bits per heavy atom. The largest absolute Gasteiger partial charge is 0.339 e. The predicted molar refractivity (Wildman–Crippen MR) is 168 cm³/mol. The van der Waals surface area contributed by atoms with Crippen LogP contribution in [-0.2, 0) is 0 Å². The molecule has 9 aromatic rings. The quantitative estimate of drug-likeness (QED) is 0.231. The summed E-state index contributed by atoms with van der Waals surface area (Å²) in [6.45, 7) is 0. The van der Waals surface area contributed by atoms with Crippen LogP contribution in [-0.4, -0.2) is 13.8 Å². The molecular weight excluding hydrogens is 488 g/mol. The molecule has 0 saturated carbocycles. The van der Waals surface area contributed by atoms with Crippen molar-refractivity contribution in [1.29, 1.82) is 0 Å². The van der Waals surface area contributed by atoms with E-state index < -0.39 is 0 Å². The molecule has 4 heteroatoms. The fourth-order valence-corrected chi connectivity index (χ4v) is 6.87. The van der Waals surface area contributed by atoms with Gasteiger partial charge in [-0.2, -0.15) is 0 Å². The van der Waals surface area contributed by atoms with Crippen LogP contribution in [0.25, 0.3) is 76.8 Å². The monoisotopic (exact) mass is 512 g/mol. The Morgan fingerprint density at radius 3 is 1.27 bits per heavy atom. The summed E-state index contributed by atoms with van der Waals surface area (Å²) < 4.78 is 6.76. The van der Waals surface area contributed by atoms with E-state index in [0.29, 0.717) is 0 Å². The molecule has 0 saturated heterocycles. The number of aromatic nitrogens is 3. The van der Waals surface area contributed by atoms with Gasteiger partial charge in [0.15, 0.2) is 0 Å². The lowest BCUT2D eigenvalue weighted by Crippen LogP contribution is -2.07. The highest BCUT2D eigenvalue weighted by Crippen LogP contribution is 2.48. The zero-order valence-corrected chi connectivity index (χ0v) is 21.6. The Labute approximate surface area is 229 Å². The van der Waals surface area contributed by atoms with Crippen molar-refractivity contribution in [3.8, 4) is 11.4 Å². The maximum Gasteiger partial charge on any atom is 0.0811 e. The van der Waals surface area contributed by atoms with Crippen molar-refractivity contribution in [1.82, 2.24) is 13.8 Å². The third kappa shape index (κ3) is 2.60. The van der Waals surface area contributed by atoms with E-state index in [1.165, 1.54) is 43.4 Å². The van der Waals surface area contributed by atoms with Gasteiger partial charge in [0.2, 0.25) is 0 Å². The molecule has 188 valence electrons. The van der Waals surface area contributed by atoms with Crippen LogP contribution in [0.3, 0.4) is 0 Å². The summed E-state index contributed by atoms with van der Waals surface area (Å²) in [7, 11) is 0. The number of nitrogens with zero attached hydrogens (tertiary/aromatic N) is 3. The third-order valence-electron chi connectivity index (χ3n) is 8.40. The molecule has 0 spiro atoms. The summed E-state index contributed by atoms with van der Waals surface area (Å²) in [5, 5.41) is 7.16. The van der Waals surface area contributed by atoms with Crippen molar-refractivity contribution in [3.05, 3.63) is 133 Å². The Balaban J connectivity index is 1.73. The van der Waals surface area contributed by atoms with E-state index in [1.807, 2.05) is 4.68 Å². The van der Waals surface area contributed by atoms with Gasteiger partial charge in [-0.25, -0.2) is 0 Å². The van der Waals surface area contributed by atoms with E-state index in [-0.39, 0.29) is 0 Å². The molecule has 0 aliphatic carbocycles. The molecule has 40 heavy (non-hydrogen) atoms. The number of nitrogens with two attached hydrogens (primary N) is 1. The van der Waals surface area contributed by atoms with Gasteiger partial charge in [0.25, 0.3) is 0 Å². The summed E-state index contributed by atoms with van der Waals surface area (Å²) in [5.41, 5.74) is 9.03. The van der Waals surface area contributed by atoms with Gasteiger partial charge in [-0.3, -0.25) is 4.68 Å². The van der Waals surface area contributed by atoms with E-state index in [2.05, 4.69) is 143 Å². The second-order valence-corrected chi connectivity index (χ2v) is 10.4. The van der Waals surface area contributed by atoms with Crippen molar-refractivity contribution in [2.45, 2.75) is 0 Å². The van der Waals surface area contributed by atoms with Gasteiger partial charge in [-0.05, 0) is 42.5 Å². The Hall–Kier alpha value is -5.48. The minimum atomic E-state index is 1.03. The minimum absolute atomic E-state index is 1.03. The van der Waals surface area contributed by atoms with Crippen LogP contribution in [0.1, 0.15) is 0 Å². The lowest BCUT2D eigenvalue weighted by Gasteiger charge is -2.13. The van der Waals surface area contributed by atoms with E-state index in [1.54, 1.807) is 0 Å². The van der Waals surface area contributed by atoms with Gasteiger partial charge in [-0.1, -0.05) is 91.0 Å². The Morgan fingerprint density at radius 2 is 0.725 bits per heavy atom. The van der Waals surface area contributed by atoms with Gasteiger partial charge in [0.05, 0.1) is 33.1 Å². The van der Waals surface area contributed by atoms with E-state index >= 15 is 0 Å². The highest BCUT2D eigenvalue weighted by atomic mass is 15.3.